The third-order valence-electron chi connectivity index (χ3n) is 3.18. The molecule has 1 amide bonds. The fourth-order valence-electron chi connectivity index (χ4n) is 2.03. The van der Waals surface area contributed by atoms with Gasteiger partial charge >= 0.3 is 0 Å². The number of aromatic nitrogens is 3. The van der Waals surface area contributed by atoms with Gasteiger partial charge in [-0.05, 0) is 32.4 Å². The summed E-state index contributed by atoms with van der Waals surface area (Å²) in [6.45, 7) is 6.77. The lowest BCUT2D eigenvalue weighted by Gasteiger charge is -2.15. The van der Waals surface area contributed by atoms with Gasteiger partial charge in [0, 0.05) is 12.2 Å². The molecule has 1 atom stereocenters. The number of hydrogen-bond donors (Lipinski definition) is 3. The largest absolute Gasteiger partial charge is 0.384 e. The molecule has 2 rings (SSSR count). The van der Waals surface area contributed by atoms with Crippen LogP contribution in [0.15, 0.2) is 24.5 Å². The molecule has 0 saturated heterocycles. The number of amides is 1. The molecule has 6 heteroatoms. The highest BCUT2D eigenvalue weighted by molar-refractivity contribution is 6.00. The Bertz CT molecular complexity index is 594. The summed E-state index contributed by atoms with van der Waals surface area (Å²) in [6.07, 6.45) is 2.43. The third-order valence-corrected chi connectivity index (χ3v) is 3.18. The summed E-state index contributed by atoms with van der Waals surface area (Å²) in [5, 5.41) is 12.8. The summed E-state index contributed by atoms with van der Waals surface area (Å²) >= 11 is 0. The van der Waals surface area contributed by atoms with Crippen molar-refractivity contribution in [1.29, 1.82) is 0 Å². The first-order valence-corrected chi connectivity index (χ1v) is 7.12. The number of H-pyrrole nitrogens is 1. The molecule has 0 bridgehead atoms. The van der Waals surface area contributed by atoms with E-state index in [0.29, 0.717) is 11.4 Å². The van der Waals surface area contributed by atoms with Gasteiger partial charge in [-0.2, -0.15) is 5.10 Å². The zero-order valence-corrected chi connectivity index (χ0v) is 12.6. The molecule has 0 aliphatic heterocycles. The van der Waals surface area contributed by atoms with E-state index in [-0.39, 0.29) is 11.9 Å². The second kappa shape index (κ2) is 6.88. The Kier molecular flexibility index (Phi) is 4.92. The van der Waals surface area contributed by atoms with Crippen molar-refractivity contribution in [1.82, 2.24) is 20.5 Å². The smallest absolute Gasteiger partial charge is 0.253 e. The van der Waals surface area contributed by atoms with E-state index in [0.717, 1.165) is 24.2 Å². The second-order valence-corrected chi connectivity index (χ2v) is 5.04. The van der Waals surface area contributed by atoms with Crippen LogP contribution in [0.4, 0.5) is 5.69 Å². The molecule has 0 radical (unpaired) electrons. The first-order chi connectivity index (χ1) is 10.1. The van der Waals surface area contributed by atoms with Crippen molar-refractivity contribution in [3.63, 3.8) is 0 Å². The topological polar surface area (TPSA) is 82.7 Å². The molecule has 1 aromatic carbocycles. The van der Waals surface area contributed by atoms with E-state index >= 15 is 0 Å². The average Bonchev–Trinajstić information content (AvgIpc) is 3.00. The van der Waals surface area contributed by atoms with Gasteiger partial charge in [-0.3, -0.25) is 9.89 Å². The van der Waals surface area contributed by atoms with Crippen LogP contribution in [0.3, 0.4) is 0 Å². The summed E-state index contributed by atoms with van der Waals surface area (Å²) in [5.41, 5.74) is 2.55. The lowest BCUT2D eigenvalue weighted by atomic mass is 10.1. The minimum absolute atomic E-state index is 0.124. The summed E-state index contributed by atoms with van der Waals surface area (Å²) < 4.78 is 0. The molecule has 0 saturated carbocycles. The van der Waals surface area contributed by atoms with E-state index in [1.54, 1.807) is 0 Å². The van der Waals surface area contributed by atoms with Gasteiger partial charge in [0.1, 0.15) is 12.2 Å². The molecule has 2 aromatic rings. The van der Waals surface area contributed by atoms with Crippen LogP contribution < -0.4 is 10.6 Å². The van der Waals surface area contributed by atoms with Crippen molar-refractivity contribution in [2.45, 2.75) is 33.2 Å². The second-order valence-electron chi connectivity index (χ2n) is 5.04. The average molecular weight is 287 g/mol. The van der Waals surface area contributed by atoms with Crippen molar-refractivity contribution >= 4 is 11.6 Å². The Hall–Kier alpha value is -2.37. The van der Waals surface area contributed by atoms with Crippen LogP contribution in [-0.4, -0.2) is 27.6 Å². The molecular formula is C15H21N5O. The first-order valence-electron chi connectivity index (χ1n) is 7.12. The highest BCUT2D eigenvalue weighted by atomic mass is 16.1. The summed E-state index contributed by atoms with van der Waals surface area (Å²) in [4.78, 5) is 16.5. The van der Waals surface area contributed by atoms with Gasteiger partial charge in [0.25, 0.3) is 5.91 Å². The van der Waals surface area contributed by atoms with Crippen molar-refractivity contribution in [3.05, 3.63) is 41.5 Å². The van der Waals surface area contributed by atoms with E-state index in [1.807, 2.05) is 32.0 Å². The predicted molar refractivity (Wildman–Crippen MR) is 82.2 cm³/mol. The van der Waals surface area contributed by atoms with Crippen molar-refractivity contribution in [2.75, 3.05) is 11.9 Å². The molecule has 3 N–H and O–H groups in total. The summed E-state index contributed by atoms with van der Waals surface area (Å²) in [6, 6.07) is 5.60. The van der Waals surface area contributed by atoms with Gasteiger partial charge in [0.05, 0.1) is 11.6 Å². The Balaban J connectivity index is 2.15. The van der Waals surface area contributed by atoms with Gasteiger partial charge in [-0.25, -0.2) is 4.98 Å². The first kappa shape index (κ1) is 15.0. The van der Waals surface area contributed by atoms with Gasteiger partial charge in [-0.1, -0.05) is 18.6 Å². The Morgan fingerprint density at radius 2 is 2.24 bits per heavy atom. The van der Waals surface area contributed by atoms with Gasteiger partial charge in [-0.15, -0.1) is 0 Å². The van der Waals surface area contributed by atoms with Crippen molar-refractivity contribution in [2.24, 2.45) is 0 Å². The number of anilines is 1. The quantitative estimate of drug-likeness (QED) is 0.762. The van der Waals surface area contributed by atoms with Crippen LogP contribution in [0, 0.1) is 6.92 Å². The maximum Gasteiger partial charge on any atom is 0.253 e. The molecule has 1 aromatic heterocycles. The maximum atomic E-state index is 12.5. The number of hydrogen-bond acceptors (Lipinski definition) is 4. The normalized spacial score (nSPS) is 12.0. The number of benzene rings is 1. The van der Waals surface area contributed by atoms with Crippen LogP contribution in [0.25, 0.3) is 0 Å². The number of aryl methyl sites for hydroxylation is 1. The molecule has 0 aliphatic carbocycles. The van der Waals surface area contributed by atoms with Crippen molar-refractivity contribution in [3.8, 4) is 0 Å². The third kappa shape index (κ3) is 3.81. The van der Waals surface area contributed by atoms with E-state index in [4.69, 9.17) is 0 Å². The fourth-order valence-corrected chi connectivity index (χ4v) is 2.03. The van der Waals surface area contributed by atoms with Gasteiger partial charge in [0.15, 0.2) is 0 Å². The lowest BCUT2D eigenvalue weighted by Crippen LogP contribution is -2.28. The Morgan fingerprint density at radius 1 is 1.43 bits per heavy atom. The SMILES string of the molecule is CCCNc1ccc(C)cc1C(=O)N[C@@H](C)c1ncn[nH]1. The predicted octanol–water partition coefficient (Wildman–Crippen LogP) is 2.43. The molecule has 1 heterocycles. The van der Waals surface area contributed by atoms with Crippen LogP contribution in [0.2, 0.25) is 0 Å². The number of carbonyl (C=O) groups excluding carboxylic acids is 1. The highest BCUT2D eigenvalue weighted by Gasteiger charge is 2.16. The van der Waals surface area contributed by atoms with E-state index in [1.165, 1.54) is 6.33 Å². The summed E-state index contributed by atoms with van der Waals surface area (Å²) in [5.74, 6) is 0.514. The number of rotatable bonds is 6. The monoisotopic (exact) mass is 287 g/mol. The lowest BCUT2D eigenvalue weighted by molar-refractivity contribution is 0.0939. The van der Waals surface area contributed by atoms with Crippen molar-refractivity contribution < 1.29 is 4.79 Å². The Morgan fingerprint density at radius 3 is 2.90 bits per heavy atom. The molecule has 0 aliphatic rings. The zero-order chi connectivity index (χ0) is 15.2. The molecule has 0 unspecified atom stereocenters. The number of nitrogens with zero attached hydrogens (tertiary/aromatic N) is 2. The van der Waals surface area contributed by atoms with Crippen LogP contribution in [0.1, 0.15) is 48.1 Å². The molecular weight excluding hydrogens is 266 g/mol. The van der Waals surface area contributed by atoms with Crippen LogP contribution in [0.5, 0.6) is 0 Å². The van der Waals surface area contributed by atoms with E-state index < -0.39 is 0 Å². The molecule has 0 fully saturated rings. The number of aromatic amines is 1. The molecule has 112 valence electrons. The molecule has 21 heavy (non-hydrogen) atoms. The Labute approximate surface area is 124 Å². The van der Waals surface area contributed by atoms with E-state index in [2.05, 4.69) is 32.7 Å². The van der Waals surface area contributed by atoms with Crippen LogP contribution >= 0.6 is 0 Å². The summed E-state index contributed by atoms with van der Waals surface area (Å²) in [7, 11) is 0. The fraction of sp³-hybridized carbons (Fsp3) is 0.400. The zero-order valence-electron chi connectivity index (χ0n) is 12.6. The van der Waals surface area contributed by atoms with Crippen LogP contribution in [-0.2, 0) is 0 Å². The standard InChI is InChI=1S/C15H21N5O/c1-4-7-16-13-6-5-10(2)8-12(13)15(21)19-11(3)14-17-9-18-20-14/h5-6,8-9,11,16H,4,7H2,1-3H3,(H,19,21)(H,17,18,20)/t11-/m0/s1. The van der Waals surface area contributed by atoms with Gasteiger partial charge < -0.3 is 10.6 Å². The van der Waals surface area contributed by atoms with E-state index in [9.17, 15) is 4.79 Å². The van der Waals surface area contributed by atoms with Gasteiger partial charge in [0.2, 0.25) is 0 Å². The minimum Gasteiger partial charge on any atom is -0.384 e. The molecule has 0 spiro atoms. The minimum atomic E-state index is -0.223. The number of nitrogens with one attached hydrogen (secondary N) is 3. The molecule has 6 nitrogen and oxygen atoms in total. The highest BCUT2D eigenvalue weighted by Crippen LogP contribution is 2.18. The number of carbonyl (C=O) groups is 1. The maximum absolute atomic E-state index is 12.5.